The summed E-state index contributed by atoms with van der Waals surface area (Å²) in [5, 5.41) is 3.50. The van der Waals surface area contributed by atoms with Crippen molar-refractivity contribution in [2.75, 3.05) is 0 Å². The van der Waals surface area contributed by atoms with Crippen LogP contribution in [-0.4, -0.2) is 9.38 Å². The summed E-state index contributed by atoms with van der Waals surface area (Å²) in [6, 6.07) is 25.2. The SMILES string of the molecule is Fc1ccccc1-c1cc(CNCc2ccccc2)c2cnc3cc(Br)ccc3n12. The summed E-state index contributed by atoms with van der Waals surface area (Å²) in [5.74, 6) is -0.234. The molecule has 0 bridgehead atoms. The lowest BCUT2D eigenvalue weighted by atomic mass is 10.1. The van der Waals surface area contributed by atoms with Gasteiger partial charge in [0.2, 0.25) is 0 Å². The van der Waals surface area contributed by atoms with Crippen LogP contribution in [0, 0.1) is 5.82 Å². The van der Waals surface area contributed by atoms with Crippen LogP contribution in [0.1, 0.15) is 11.1 Å². The molecule has 2 heterocycles. The molecule has 2 aromatic heterocycles. The molecule has 1 N–H and O–H groups in total. The quantitative estimate of drug-likeness (QED) is 0.331. The van der Waals surface area contributed by atoms with E-state index in [1.165, 1.54) is 11.6 Å². The van der Waals surface area contributed by atoms with Crippen molar-refractivity contribution in [1.82, 2.24) is 14.7 Å². The van der Waals surface area contributed by atoms with E-state index in [2.05, 4.69) is 48.8 Å². The number of benzene rings is 3. The molecule has 30 heavy (non-hydrogen) atoms. The van der Waals surface area contributed by atoms with Crippen LogP contribution in [0.3, 0.4) is 0 Å². The number of nitrogens with zero attached hydrogens (tertiary/aromatic N) is 2. The topological polar surface area (TPSA) is 29.3 Å². The summed E-state index contributed by atoms with van der Waals surface area (Å²) in [5.41, 5.74) is 6.50. The number of nitrogens with one attached hydrogen (secondary N) is 1. The molecule has 3 nitrogen and oxygen atoms in total. The van der Waals surface area contributed by atoms with E-state index < -0.39 is 0 Å². The number of rotatable bonds is 5. The van der Waals surface area contributed by atoms with Crippen molar-refractivity contribution >= 4 is 32.5 Å². The molecule has 0 fully saturated rings. The number of aromatic nitrogens is 2. The van der Waals surface area contributed by atoms with Gasteiger partial charge >= 0.3 is 0 Å². The number of hydrogen-bond donors (Lipinski definition) is 1. The van der Waals surface area contributed by atoms with Gasteiger partial charge in [0.1, 0.15) is 5.82 Å². The fraction of sp³-hybridized carbons (Fsp3) is 0.0800. The van der Waals surface area contributed by atoms with E-state index >= 15 is 0 Å². The first kappa shape index (κ1) is 19.0. The van der Waals surface area contributed by atoms with E-state index in [4.69, 9.17) is 0 Å². The molecule has 0 aliphatic carbocycles. The van der Waals surface area contributed by atoms with E-state index in [-0.39, 0.29) is 5.82 Å². The first-order valence-electron chi connectivity index (χ1n) is 9.79. The van der Waals surface area contributed by atoms with Crippen LogP contribution in [0.15, 0.2) is 89.5 Å². The van der Waals surface area contributed by atoms with Crippen molar-refractivity contribution in [2.24, 2.45) is 0 Å². The van der Waals surface area contributed by atoms with Gasteiger partial charge in [-0.1, -0.05) is 58.4 Å². The fourth-order valence-electron chi connectivity index (χ4n) is 3.84. The van der Waals surface area contributed by atoms with Gasteiger partial charge in [0, 0.05) is 23.1 Å². The lowest BCUT2D eigenvalue weighted by molar-refractivity contribution is 0.630. The Labute approximate surface area is 182 Å². The minimum atomic E-state index is -0.234. The Balaban J connectivity index is 1.63. The molecule has 5 aromatic rings. The van der Waals surface area contributed by atoms with Gasteiger partial charge in [0.05, 0.1) is 28.4 Å². The number of fused-ring (bicyclic) bond motifs is 3. The third-order valence-electron chi connectivity index (χ3n) is 5.26. The Morgan fingerprint density at radius 1 is 0.867 bits per heavy atom. The monoisotopic (exact) mass is 459 g/mol. The molecule has 3 aromatic carbocycles. The van der Waals surface area contributed by atoms with Crippen LogP contribution < -0.4 is 5.32 Å². The highest BCUT2D eigenvalue weighted by molar-refractivity contribution is 9.10. The predicted molar refractivity (Wildman–Crippen MR) is 123 cm³/mol. The van der Waals surface area contributed by atoms with Gasteiger partial charge in [-0.3, -0.25) is 4.98 Å². The van der Waals surface area contributed by atoms with E-state index in [1.54, 1.807) is 6.07 Å². The minimum Gasteiger partial charge on any atom is -0.309 e. The van der Waals surface area contributed by atoms with Gasteiger partial charge < -0.3 is 9.72 Å². The second-order valence-corrected chi connectivity index (χ2v) is 8.15. The molecular weight excluding hydrogens is 441 g/mol. The first-order chi connectivity index (χ1) is 14.7. The summed E-state index contributed by atoms with van der Waals surface area (Å²) in [6.07, 6.45) is 1.87. The maximum absolute atomic E-state index is 14.7. The maximum Gasteiger partial charge on any atom is 0.132 e. The predicted octanol–water partition coefficient (Wildman–Crippen LogP) is 6.35. The van der Waals surface area contributed by atoms with Crippen molar-refractivity contribution in [1.29, 1.82) is 0 Å². The van der Waals surface area contributed by atoms with Crippen molar-refractivity contribution in [2.45, 2.75) is 13.1 Å². The highest BCUT2D eigenvalue weighted by Crippen LogP contribution is 2.31. The van der Waals surface area contributed by atoms with Gasteiger partial charge in [-0.05, 0) is 47.5 Å². The molecule has 0 aliphatic rings. The standard InChI is InChI=1S/C25H19BrFN3/c26-19-10-11-23-22(13-19)29-16-25-18(15-28-14-17-6-2-1-3-7-17)12-24(30(23)25)20-8-4-5-9-21(20)27/h1-13,16,28H,14-15H2. The van der Waals surface area contributed by atoms with E-state index in [9.17, 15) is 4.39 Å². The molecule has 0 amide bonds. The molecule has 0 unspecified atom stereocenters. The molecular formula is C25H19BrFN3. The Hall–Kier alpha value is -3.02. The van der Waals surface area contributed by atoms with Crippen LogP contribution in [0.5, 0.6) is 0 Å². The Kier molecular flexibility index (Phi) is 5.07. The van der Waals surface area contributed by atoms with E-state index in [1.807, 2.05) is 54.7 Å². The van der Waals surface area contributed by atoms with Gasteiger partial charge in [-0.2, -0.15) is 0 Å². The highest BCUT2D eigenvalue weighted by atomic mass is 79.9. The minimum absolute atomic E-state index is 0.234. The molecule has 0 atom stereocenters. The molecule has 5 heteroatoms. The smallest absolute Gasteiger partial charge is 0.132 e. The third-order valence-corrected chi connectivity index (χ3v) is 5.76. The van der Waals surface area contributed by atoms with Crippen LogP contribution in [0.2, 0.25) is 0 Å². The summed E-state index contributed by atoms with van der Waals surface area (Å²) in [6.45, 7) is 1.43. The zero-order valence-electron chi connectivity index (χ0n) is 16.1. The van der Waals surface area contributed by atoms with Crippen molar-refractivity contribution < 1.29 is 4.39 Å². The van der Waals surface area contributed by atoms with Gasteiger partial charge in [0.15, 0.2) is 0 Å². The zero-order chi connectivity index (χ0) is 20.5. The first-order valence-corrected chi connectivity index (χ1v) is 10.6. The normalized spacial score (nSPS) is 11.4. The summed E-state index contributed by atoms with van der Waals surface area (Å²) in [7, 11) is 0. The lowest BCUT2D eigenvalue weighted by Crippen LogP contribution is -2.12. The maximum atomic E-state index is 14.7. The molecule has 0 saturated carbocycles. The number of halogens is 2. The molecule has 0 spiro atoms. The largest absolute Gasteiger partial charge is 0.309 e. The fourth-order valence-corrected chi connectivity index (χ4v) is 4.19. The average molecular weight is 460 g/mol. The van der Waals surface area contributed by atoms with Crippen LogP contribution in [0.4, 0.5) is 4.39 Å². The van der Waals surface area contributed by atoms with Crippen LogP contribution >= 0.6 is 15.9 Å². The third kappa shape index (κ3) is 3.51. The molecule has 0 radical (unpaired) electrons. The Bertz CT molecular complexity index is 1350. The Morgan fingerprint density at radius 2 is 1.67 bits per heavy atom. The van der Waals surface area contributed by atoms with E-state index in [0.717, 1.165) is 38.8 Å². The second kappa shape index (κ2) is 8.01. The van der Waals surface area contributed by atoms with Crippen molar-refractivity contribution in [3.8, 4) is 11.3 Å². The summed E-state index contributed by atoms with van der Waals surface area (Å²) < 4.78 is 17.8. The molecule has 0 aliphatic heterocycles. The van der Waals surface area contributed by atoms with Gasteiger partial charge in [0.25, 0.3) is 0 Å². The zero-order valence-corrected chi connectivity index (χ0v) is 17.7. The van der Waals surface area contributed by atoms with Gasteiger partial charge in [-0.15, -0.1) is 0 Å². The van der Waals surface area contributed by atoms with Crippen molar-refractivity contribution in [3.05, 3.63) is 106 Å². The molecule has 5 rings (SSSR count). The lowest BCUT2D eigenvalue weighted by Gasteiger charge is -2.09. The number of hydrogen-bond acceptors (Lipinski definition) is 2. The van der Waals surface area contributed by atoms with Gasteiger partial charge in [-0.25, -0.2) is 4.39 Å². The van der Waals surface area contributed by atoms with Crippen LogP contribution in [-0.2, 0) is 13.1 Å². The Morgan fingerprint density at radius 3 is 2.50 bits per heavy atom. The van der Waals surface area contributed by atoms with Crippen molar-refractivity contribution in [3.63, 3.8) is 0 Å². The summed E-state index contributed by atoms with van der Waals surface area (Å²) >= 11 is 3.51. The summed E-state index contributed by atoms with van der Waals surface area (Å²) in [4.78, 5) is 4.65. The molecule has 0 saturated heterocycles. The second-order valence-electron chi connectivity index (χ2n) is 7.24. The molecule has 148 valence electrons. The van der Waals surface area contributed by atoms with Crippen LogP contribution in [0.25, 0.3) is 27.8 Å². The highest BCUT2D eigenvalue weighted by Gasteiger charge is 2.16. The average Bonchev–Trinajstić information content (AvgIpc) is 3.13. The van der Waals surface area contributed by atoms with E-state index in [0.29, 0.717) is 12.1 Å².